The first-order chi connectivity index (χ1) is 16.6. The van der Waals surface area contributed by atoms with Crippen molar-refractivity contribution in [3.05, 3.63) is 87.7 Å². The van der Waals surface area contributed by atoms with Gasteiger partial charge in [0.25, 0.3) is 0 Å². The molecule has 2 aromatic carbocycles. The number of carboxylic acids is 1. The van der Waals surface area contributed by atoms with Crippen molar-refractivity contribution in [3.63, 3.8) is 0 Å². The molecule has 0 spiro atoms. The van der Waals surface area contributed by atoms with E-state index in [9.17, 15) is 31.5 Å². The van der Waals surface area contributed by atoms with Gasteiger partial charge in [-0.05, 0) is 43.2 Å². The van der Waals surface area contributed by atoms with Gasteiger partial charge in [0.2, 0.25) is 0 Å². The van der Waals surface area contributed by atoms with Gasteiger partial charge in [-0.3, -0.25) is 4.79 Å². The van der Waals surface area contributed by atoms with Crippen LogP contribution in [0, 0.1) is 42.1 Å². The third-order valence-corrected chi connectivity index (χ3v) is 8.88. The van der Waals surface area contributed by atoms with Crippen LogP contribution in [0.5, 0.6) is 0 Å². The molecule has 0 unspecified atom stereocenters. The van der Waals surface area contributed by atoms with E-state index in [2.05, 4.69) is 16.8 Å². The average Bonchev–Trinajstić information content (AvgIpc) is 3.48. The molecule has 10 heteroatoms. The predicted molar refractivity (Wildman–Crippen MR) is 127 cm³/mol. The molecule has 0 aliphatic heterocycles. The fourth-order valence-corrected chi connectivity index (χ4v) is 6.45. The van der Waals surface area contributed by atoms with Crippen molar-refractivity contribution in [2.24, 2.45) is 5.92 Å². The molecular weight excluding hydrogens is 499 g/mol. The van der Waals surface area contributed by atoms with E-state index in [0.717, 1.165) is 23.8 Å². The van der Waals surface area contributed by atoms with Gasteiger partial charge in [-0.2, -0.15) is 0 Å². The zero-order chi connectivity index (χ0) is 25.3. The smallest absolute Gasteiger partial charge is 0.307 e. The topological polar surface area (TPSA) is 87.2 Å². The third kappa shape index (κ3) is 4.97. The Bertz CT molecular complexity index is 1600. The van der Waals surface area contributed by atoms with Crippen LogP contribution in [0.1, 0.15) is 21.6 Å². The van der Waals surface area contributed by atoms with Crippen molar-refractivity contribution in [2.75, 3.05) is 5.75 Å². The number of aromatic amines is 1. The molecule has 2 heterocycles. The lowest BCUT2D eigenvalue weighted by Crippen LogP contribution is -2.25. The van der Waals surface area contributed by atoms with Gasteiger partial charge in [0.15, 0.2) is 21.5 Å². The number of carbonyl (C=O) groups is 1. The van der Waals surface area contributed by atoms with E-state index in [1.54, 1.807) is 6.07 Å². The van der Waals surface area contributed by atoms with E-state index < -0.39 is 62.4 Å². The standard InChI is InChI=1S/C25H18F3NO4S2/c1-14-21(26)20-16(12-29-24(20)23(28)22(14)27)11-17(25(30)31)13-35(32,33)19-10-9-18(34-19)8-7-15-5-3-2-4-6-15/h2-6,9-10,12,17,29H,11,13H2,1H3,(H,30,31)/t17-/m1/s1. The van der Waals surface area contributed by atoms with Gasteiger partial charge in [0.05, 0.1) is 22.1 Å². The van der Waals surface area contributed by atoms with Crippen LogP contribution in [0.4, 0.5) is 13.2 Å². The summed E-state index contributed by atoms with van der Waals surface area (Å²) in [5.41, 5.74) is -0.179. The van der Waals surface area contributed by atoms with Gasteiger partial charge in [0, 0.05) is 22.7 Å². The van der Waals surface area contributed by atoms with Gasteiger partial charge in [-0.25, -0.2) is 21.6 Å². The molecule has 0 aliphatic rings. The minimum absolute atomic E-state index is 0.0442. The molecule has 0 fully saturated rings. The number of carboxylic acid groups (broad SMARTS) is 1. The number of thiophene rings is 1. The van der Waals surface area contributed by atoms with E-state index in [0.29, 0.717) is 4.88 Å². The number of fused-ring (bicyclic) bond motifs is 1. The van der Waals surface area contributed by atoms with Crippen LogP contribution in [0.3, 0.4) is 0 Å². The van der Waals surface area contributed by atoms with E-state index >= 15 is 0 Å². The Morgan fingerprint density at radius 1 is 1.06 bits per heavy atom. The molecule has 35 heavy (non-hydrogen) atoms. The molecular formula is C25H18F3NO4S2. The molecule has 2 N–H and O–H groups in total. The lowest BCUT2D eigenvalue weighted by atomic mass is 9.99. The first-order valence-electron chi connectivity index (χ1n) is 10.3. The summed E-state index contributed by atoms with van der Waals surface area (Å²) in [6, 6.07) is 12.0. The Labute approximate surface area is 203 Å². The molecule has 180 valence electrons. The minimum atomic E-state index is -4.02. The maximum absolute atomic E-state index is 14.7. The fraction of sp³-hybridized carbons (Fsp3) is 0.160. The minimum Gasteiger partial charge on any atom is -0.481 e. The first kappa shape index (κ1) is 24.6. The zero-order valence-corrected chi connectivity index (χ0v) is 19.9. The van der Waals surface area contributed by atoms with Crippen LogP contribution >= 0.6 is 11.3 Å². The number of aliphatic carboxylic acids is 1. The Morgan fingerprint density at radius 2 is 1.77 bits per heavy atom. The van der Waals surface area contributed by atoms with Crippen LogP contribution < -0.4 is 0 Å². The molecule has 5 nitrogen and oxygen atoms in total. The summed E-state index contributed by atoms with van der Waals surface area (Å²) in [6.07, 6.45) is 0.767. The largest absolute Gasteiger partial charge is 0.481 e. The Kier molecular flexibility index (Phi) is 6.74. The van der Waals surface area contributed by atoms with E-state index in [1.807, 2.05) is 30.3 Å². The molecule has 0 amide bonds. The molecule has 0 saturated heterocycles. The Morgan fingerprint density at radius 3 is 2.46 bits per heavy atom. The molecule has 1 atom stereocenters. The van der Waals surface area contributed by atoms with Gasteiger partial charge >= 0.3 is 5.97 Å². The van der Waals surface area contributed by atoms with Crippen LogP contribution in [-0.4, -0.2) is 30.2 Å². The second-order valence-corrected chi connectivity index (χ2v) is 11.2. The zero-order valence-electron chi connectivity index (χ0n) is 18.2. The summed E-state index contributed by atoms with van der Waals surface area (Å²) in [5, 5.41) is 9.38. The number of nitrogens with one attached hydrogen (secondary N) is 1. The summed E-state index contributed by atoms with van der Waals surface area (Å²) in [5.74, 6) is -1.47. The summed E-state index contributed by atoms with van der Waals surface area (Å²) in [4.78, 5) is 14.8. The molecule has 0 saturated carbocycles. The van der Waals surface area contributed by atoms with E-state index in [1.165, 1.54) is 12.3 Å². The number of aromatic nitrogens is 1. The Hall–Kier alpha value is -3.55. The maximum Gasteiger partial charge on any atom is 0.307 e. The second kappa shape index (κ2) is 9.60. The summed E-state index contributed by atoms with van der Waals surface area (Å²) < 4.78 is 68.6. The quantitative estimate of drug-likeness (QED) is 0.276. The van der Waals surface area contributed by atoms with Crippen molar-refractivity contribution < 1.29 is 31.5 Å². The molecule has 0 bridgehead atoms. The van der Waals surface area contributed by atoms with Crippen molar-refractivity contribution in [1.82, 2.24) is 4.98 Å². The molecule has 4 aromatic rings. The normalized spacial score (nSPS) is 12.3. The monoisotopic (exact) mass is 517 g/mol. The number of sulfone groups is 1. The molecule has 0 aliphatic carbocycles. The first-order valence-corrected chi connectivity index (χ1v) is 12.8. The van der Waals surface area contributed by atoms with Crippen molar-refractivity contribution in [2.45, 2.75) is 17.6 Å². The van der Waals surface area contributed by atoms with Crippen LogP contribution in [-0.2, 0) is 21.1 Å². The lowest BCUT2D eigenvalue weighted by Gasteiger charge is -2.12. The van der Waals surface area contributed by atoms with Gasteiger partial charge in [-0.1, -0.05) is 30.0 Å². The predicted octanol–water partition coefficient (Wildman–Crippen LogP) is 5.07. The fourth-order valence-electron chi connectivity index (χ4n) is 3.65. The van der Waals surface area contributed by atoms with E-state index in [-0.39, 0.29) is 15.2 Å². The maximum atomic E-state index is 14.7. The number of H-pyrrole nitrogens is 1. The lowest BCUT2D eigenvalue weighted by molar-refractivity contribution is -0.140. The Balaban J connectivity index is 1.60. The van der Waals surface area contributed by atoms with E-state index in [4.69, 9.17) is 0 Å². The number of hydrogen-bond donors (Lipinski definition) is 2. The van der Waals surface area contributed by atoms with Crippen molar-refractivity contribution in [1.29, 1.82) is 0 Å². The van der Waals surface area contributed by atoms with Crippen LogP contribution in [0.15, 0.2) is 52.9 Å². The van der Waals surface area contributed by atoms with Crippen molar-refractivity contribution in [3.8, 4) is 11.8 Å². The highest BCUT2D eigenvalue weighted by Crippen LogP contribution is 2.32. The molecule has 4 rings (SSSR count). The number of benzene rings is 2. The summed E-state index contributed by atoms with van der Waals surface area (Å²) in [7, 11) is -4.02. The molecule has 2 aromatic heterocycles. The number of halogens is 3. The van der Waals surface area contributed by atoms with Gasteiger partial charge in [-0.15, -0.1) is 11.3 Å². The number of hydrogen-bond acceptors (Lipinski definition) is 4. The summed E-state index contributed by atoms with van der Waals surface area (Å²) >= 11 is 0.919. The van der Waals surface area contributed by atoms with Gasteiger partial charge < -0.3 is 10.1 Å². The third-order valence-electron chi connectivity index (χ3n) is 5.48. The number of rotatable bonds is 6. The van der Waals surface area contributed by atoms with Crippen LogP contribution in [0.25, 0.3) is 10.9 Å². The summed E-state index contributed by atoms with van der Waals surface area (Å²) in [6.45, 7) is 1.07. The van der Waals surface area contributed by atoms with Gasteiger partial charge in [0.1, 0.15) is 10.0 Å². The van der Waals surface area contributed by atoms with Crippen molar-refractivity contribution >= 4 is 38.0 Å². The van der Waals surface area contributed by atoms with Crippen LogP contribution in [0.2, 0.25) is 0 Å². The SMILES string of the molecule is Cc1c(F)c(F)c2[nH]cc(C[C@H](CS(=O)(=O)c3ccc(C#Cc4ccccc4)s3)C(=O)O)c2c1F. The average molecular weight is 518 g/mol. The highest BCUT2D eigenvalue weighted by Gasteiger charge is 2.30. The molecule has 0 radical (unpaired) electrons. The highest BCUT2D eigenvalue weighted by molar-refractivity contribution is 7.93. The highest BCUT2D eigenvalue weighted by atomic mass is 32.2. The second-order valence-electron chi connectivity index (χ2n) is 7.89.